The van der Waals surface area contributed by atoms with Crippen LogP contribution in [0.4, 0.5) is 4.79 Å². The molecule has 0 aromatic heterocycles. The summed E-state index contributed by atoms with van der Waals surface area (Å²) in [5.74, 6) is 0.120. The number of halogens is 1. The van der Waals surface area contributed by atoms with Crippen LogP contribution in [0.3, 0.4) is 0 Å². The van der Waals surface area contributed by atoms with Crippen LogP contribution < -0.4 is 5.73 Å². The van der Waals surface area contributed by atoms with E-state index in [0.717, 1.165) is 0 Å². The maximum atomic E-state index is 10.7. The Morgan fingerprint density at radius 2 is 2.18 bits per heavy atom. The Morgan fingerprint density at radius 1 is 1.73 bits per heavy atom. The summed E-state index contributed by atoms with van der Waals surface area (Å²) >= 11 is 5.35. The largest absolute Gasteiger partial charge is 0.413 e. The van der Waals surface area contributed by atoms with Gasteiger partial charge in [-0.05, 0) is 0 Å². The number of urea groups is 1. The highest BCUT2D eigenvalue weighted by Crippen LogP contribution is 2.00. The van der Waals surface area contributed by atoms with Crippen molar-refractivity contribution in [3.05, 3.63) is 0 Å². The first-order chi connectivity index (χ1) is 4.90. The molecule has 4 nitrogen and oxygen atoms in total. The van der Waals surface area contributed by atoms with Crippen molar-refractivity contribution in [2.75, 3.05) is 26.5 Å². The third kappa shape index (κ3) is 3.55. The molecule has 66 valence electrons. The average molecular weight is 182 g/mol. The van der Waals surface area contributed by atoms with E-state index in [0.29, 0.717) is 0 Å². The van der Waals surface area contributed by atoms with E-state index in [1.165, 1.54) is 0 Å². The highest BCUT2D eigenvalue weighted by Gasteiger charge is 2.26. The molecular formula is C6H14ClN2O2+. The molecular weight excluding hydrogens is 168 g/mol. The van der Waals surface area contributed by atoms with Gasteiger partial charge in [-0.2, -0.15) is 0 Å². The smallest absolute Gasteiger partial charge is 0.386 e. The maximum absolute atomic E-state index is 10.7. The predicted molar refractivity (Wildman–Crippen MR) is 43.3 cm³/mol. The van der Waals surface area contributed by atoms with Gasteiger partial charge in [-0.1, -0.05) is 0 Å². The number of rotatable bonds is 3. The van der Waals surface area contributed by atoms with Gasteiger partial charge in [-0.3, -0.25) is 0 Å². The monoisotopic (exact) mass is 181 g/mol. The summed E-state index contributed by atoms with van der Waals surface area (Å²) in [6, 6.07) is -0.478. The SMILES string of the molecule is C[N+](C)(CC(O)CCl)C(N)=O. The first-order valence-corrected chi connectivity index (χ1v) is 3.80. The van der Waals surface area contributed by atoms with Crippen molar-refractivity contribution in [3.63, 3.8) is 0 Å². The van der Waals surface area contributed by atoms with Crippen LogP contribution in [-0.4, -0.2) is 48.2 Å². The van der Waals surface area contributed by atoms with Crippen LogP contribution in [0.15, 0.2) is 0 Å². The number of hydrogen-bond donors (Lipinski definition) is 2. The quantitative estimate of drug-likeness (QED) is 0.466. The second-order valence-electron chi connectivity index (χ2n) is 3.01. The van der Waals surface area contributed by atoms with Crippen LogP contribution >= 0.6 is 11.6 Å². The van der Waals surface area contributed by atoms with Crippen LogP contribution in [0.1, 0.15) is 0 Å². The number of carbonyl (C=O) groups excluding carboxylic acids is 1. The zero-order chi connectivity index (χ0) is 9.07. The van der Waals surface area contributed by atoms with Crippen LogP contribution in [0, 0.1) is 0 Å². The van der Waals surface area contributed by atoms with Gasteiger partial charge in [-0.25, -0.2) is 9.28 Å². The minimum Gasteiger partial charge on any atom is -0.386 e. The lowest BCUT2D eigenvalue weighted by Gasteiger charge is -2.25. The Balaban J connectivity index is 4.01. The molecule has 0 bridgehead atoms. The summed E-state index contributed by atoms with van der Waals surface area (Å²) in [6.07, 6.45) is -0.681. The molecule has 2 amide bonds. The van der Waals surface area contributed by atoms with Crippen LogP contribution in [-0.2, 0) is 0 Å². The first kappa shape index (κ1) is 10.7. The van der Waals surface area contributed by atoms with Crippen LogP contribution in [0.5, 0.6) is 0 Å². The van der Waals surface area contributed by atoms with Gasteiger partial charge < -0.3 is 10.8 Å². The molecule has 0 saturated carbocycles. The molecule has 0 aliphatic carbocycles. The Labute approximate surface area is 71.1 Å². The summed E-state index contributed by atoms with van der Waals surface area (Å²) in [7, 11) is 3.25. The molecule has 1 unspecified atom stereocenters. The second kappa shape index (κ2) is 3.90. The third-order valence-electron chi connectivity index (χ3n) is 1.44. The van der Waals surface area contributed by atoms with E-state index < -0.39 is 12.1 Å². The number of alkyl halides is 1. The minimum absolute atomic E-state index is 0.0477. The highest BCUT2D eigenvalue weighted by molar-refractivity contribution is 6.18. The van der Waals surface area contributed by atoms with Gasteiger partial charge in [0.2, 0.25) is 0 Å². The fourth-order valence-electron chi connectivity index (χ4n) is 0.666. The molecule has 1 atom stereocenters. The van der Waals surface area contributed by atoms with E-state index in [9.17, 15) is 4.79 Å². The van der Waals surface area contributed by atoms with E-state index in [2.05, 4.69) is 0 Å². The van der Waals surface area contributed by atoms with Crippen LogP contribution in [0.25, 0.3) is 0 Å². The number of nitrogens with zero attached hydrogens (tertiary/aromatic N) is 1. The predicted octanol–water partition coefficient (Wildman–Crippen LogP) is -0.259. The standard InChI is InChI=1S/C6H13ClN2O2/c1-9(2,6(8)11)4-5(10)3-7/h5,10H,3-4H2,1-2H3,(H-,8,11)/p+1. The highest BCUT2D eigenvalue weighted by atomic mass is 35.5. The Bertz CT molecular complexity index is 150. The zero-order valence-electron chi connectivity index (χ0n) is 6.75. The molecule has 3 N–H and O–H groups in total. The fourth-order valence-corrected chi connectivity index (χ4v) is 0.763. The van der Waals surface area contributed by atoms with E-state index >= 15 is 0 Å². The molecule has 0 fully saturated rings. The first-order valence-electron chi connectivity index (χ1n) is 3.27. The minimum atomic E-state index is -0.681. The average Bonchev–Trinajstić information content (AvgIpc) is 1.86. The van der Waals surface area contributed by atoms with Crippen molar-refractivity contribution < 1.29 is 14.4 Å². The molecule has 0 aromatic carbocycles. The van der Waals surface area contributed by atoms with Crippen molar-refractivity contribution in [1.29, 1.82) is 0 Å². The number of amides is 2. The number of hydrogen-bond acceptors (Lipinski definition) is 2. The van der Waals surface area contributed by atoms with E-state index in [4.69, 9.17) is 22.4 Å². The summed E-state index contributed by atoms with van der Waals surface area (Å²) < 4.78 is -0.0477. The van der Waals surface area contributed by atoms with Crippen molar-refractivity contribution in [2.24, 2.45) is 5.73 Å². The van der Waals surface area contributed by atoms with Gasteiger partial charge in [0.15, 0.2) is 0 Å². The third-order valence-corrected chi connectivity index (χ3v) is 1.80. The lowest BCUT2D eigenvalue weighted by atomic mass is 10.3. The lowest BCUT2D eigenvalue weighted by molar-refractivity contribution is -0.811. The van der Waals surface area contributed by atoms with Crippen LogP contribution in [0.2, 0.25) is 0 Å². The number of quaternary nitrogens is 1. The zero-order valence-corrected chi connectivity index (χ0v) is 7.51. The van der Waals surface area contributed by atoms with Gasteiger partial charge in [0.1, 0.15) is 12.6 Å². The number of aliphatic hydroxyl groups excluding tert-OH is 1. The number of carbonyl (C=O) groups is 1. The molecule has 0 spiro atoms. The van der Waals surface area contributed by atoms with Gasteiger partial charge in [0.25, 0.3) is 0 Å². The van der Waals surface area contributed by atoms with Gasteiger partial charge in [0, 0.05) is 0 Å². The van der Waals surface area contributed by atoms with Crippen molar-refractivity contribution >= 4 is 17.6 Å². The number of primary amides is 1. The molecule has 0 saturated heterocycles. The molecule has 11 heavy (non-hydrogen) atoms. The molecule has 0 rings (SSSR count). The Hall–Kier alpha value is -0.320. The summed E-state index contributed by atoms with van der Waals surface area (Å²) in [4.78, 5) is 10.7. The number of aliphatic hydroxyl groups is 1. The molecule has 0 aliphatic heterocycles. The fraction of sp³-hybridized carbons (Fsp3) is 0.833. The van der Waals surface area contributed by atoms with E-state index in [1.54, 1.807) is 14.1 Å². The summed E-state index contributed by atoms with van der Waals surface area (Å²) in [5, 5.41) is 9.09. The second-order valence-corrected chi connectivity index (χ2v) is 3.32. The van der Waals surface area contributed by atoms with Gasteiger partial charge >= 0.3 is 6.03 Å². The number of likely N-dealkylation sites (N-methyl/N-ethyl adjacent to an activating group) is 1. The number of nitrogens with two attached hydrogens (primary N) is 1. The Kier molecular flexibility index (Phi) is 3.78. The van der Waals surface area contributed by atoms with E-state index in [1.807, 2.05) is 0 Å². The summed E-state index contributed by atoms with van der Waals surface area (Å²) in [5.41, 5.74) is 5.05. The summed E-state index contributed by atoms with van der Waals surface area (Å²) in [6.45, 7) is 0.249. The molecule has 0 radical (unpaired) electrons. The van der Waals surface area contributed by atoms with E-state index in [-0.39, 0.29) is 16.9 Å². The van der Waals surface area contributed by atoms with Crippen molar-refractivity contribution in [2.45, 2.75) is 6.10 Å². The molecule has 0 aliphatic rings. The van der Waals surface area contributed by atoms with Crippen molar-refractivity contribution in [1.82, 2.24) is 0 Å². The maximum Gasteiger partial charge on any atom is 0.413 e. The molecule has 0 aromatic rings. The topological polar surface area (TPSA) is 63.3 Å². The molecule has 5 heteroatoms. The molecule has 0 heterocycles. The normalized spacial score (nSPS) is 14.5. The Morgan fingerprint density at radius 3 is 2.45 bits per heavy atom. The van der Waals surface area contributed by atoms with Gasteiger partial charge in [0.05, 0.1) is 20.0 Å². The van der Waals surface area contributed by atoms with Crippen molar-refractivity contribution in [3.8, 4) is 0 Å². The van der Waals surface area contributed by atoms with Gasteiger partial charge in [-0.15, -0.1) is 11.6 Å². The lowest BCUT2D eigenvalue weighted by Crippen LogP contribution is -2.53.